The summed E-state index contributed by atoms with van der Waals surface area (Å²) in [5, 5.41) is 11.3. The predicted molar refractivity (Wildman–Crippen MR) is 155 cm³/mol. The lowest BCUT2D eigenvalue weighted by molar-refractivity contribution is -0.138. The second-order valence-electron chi connectivity index (χ2n) is 9.65. The van der Waals surface area contributed by atoms with Crippen LogP contribution in [0.5, 0.6) is 0 Å². The summed E-state index contributed by atoms with van der Waals surface area (Å²) in [6.45, 7) is -0.146. The fourth-order valence-electron chi connectivity index (χ4n) is 5.27. The van der Waals surface area contributed by atoms with Crippen molar-refractivity contribution >= 4 is 35.0 Å². The number of fused-ring (bicyclic) bond motifs is 1. The van der Waals surface area contributed by atoms with Gasteiger partial charge in [0, 0.05) is 15.6 Å². The number of benzene rings is 4. The van der Waals surface area contributed by atoms with Crippen LogP contribution in [0.1, 0.15) is 44.6 Å². The van der Waals surface area contributed by atoms with Crippen molar-refractivity contribution in [1.29, 1.82) is 0 Å². The molecule has 40 heavy (non-hydrogen) atoms. The highest BCUT2D eigenvalue weighted by Crippen LogP contribution is 2.46. The molecule has 0 fully saturated rings. The number of halogens is 2. The number of aliphatic hydroxyl groups excluding tert-OH is 1. The van der Waals surface area contributed by atoms with Crippen LogP contribution in [0.4, 0.5) is 0 Å². The Hall–Kier alpha value is -3.68. The van der Waals surface area contributed by atoms with Crippen molar-refractivity contribution in [2.45, 2.75) is 31.0 Å². The Morgan fingerprint density at radius 2 is 1.52 bits per heavy atom. The Labute approximate surface area is 243 Å². The maximum atomic E-state index is 14.1. The van der Waals surface area contributed by atoms with Gasteiger partial charge in [0.05, 0.1) is 31.2 Å². The number of carbonyl (C=O) groups excluding carboxylic acids is 2. The molecule has 0 aliphatic carbocycles. The Morgan fingerprint density at radius 3 is 2.20 bits per heavy atom. The maximum absolute atomic E-state index is 14.1. The fourth-order valence-corrected chi connectivity index (χ4v) is 5.79. The number of amides is 2. The fraction of sp³-hybridized carbons (Fsp3) is 0.188. The van der Waals surface area contributed by atoms with E-state index in [1.165, 1.54) is 0 Å². The average Bonchev–Trinajstić information content (AvgIpc) is 2.97. The van der Waals surface area contributed by atoms with Crippen molar-refractivity contribution in [2.75, 3.05) is 6.61 Å². The zero-order valence-electron chi connectivity index (χ0n) is 21.5. The Bertz CT molecular complexity index is 1480. The van der Waals surface area contributed by atoms with Crippen molar-refractivity contribution in [2.24, 2.45) is 0 Å². The summed E-state index contributed by atoms with van der Waals surface area (Å²) >= 11 is 12.9. The van der Waals surface area contributed by atoms with E-state index in [1.54, 1.807) is 47.4 Å². The van der Waals surface area contributed by atoms with Gasteiger partial charge in [0.2, 0.25) is 0 Å². The van der Waals surface area contributed by atoms with Crippen molar-refractivity contribution < 1.29 is 19.5 Å². The minimum atomic E-state index is -0.881. The van der Waals surface area contributed by atoms with Gasteiger partial charge in [0.25, 0.3) is 11.8 Å². The van der Waals surface area contributed by atoms with Gasteiger partial charge in [0.1, 0.15) is 0 Å². The molecule has 2 amide bonds. The van der Waals surface area contributed by atoms with E-state index in [4.69, 9.17) is 28.0 Å². The Morgan fingerprint density at radius 1 is 0.875 bits per heavy atom. The van der Waals surface area contributed by atoms with Crippen LogP contribution in [-0.2, 0) is 22.7 Å². The summed E-state index contributed by atoms with van der Waals surface area (Å²) in [7, 11) is 0. The third-order valence-corrected chi connectivity index (χ3v) is 7.67. The van der Waals surface area contributed by atoms with Gasteiger partial charge in [-0.2, -0.15) is 0 Å². The topological polar surface area (TPSA) is 78.9 Å². The van der Waals surface area contributed by atoms with E-state index in [2.05, 4.69) is 5.48 Å². The molecular formula is C32H28Cl2N2O4. The number of carbonyl (C=O) groups is 2. The van der Waals surface area contributed by atoms with Gasteiger partial charge in [-0.1, -0.05) is 108 Å². The Balaban J connectivity index is 1.58. The first-order chi connectivity index (χ1) is 19.5. The molecule has 0 aromatic heterocycles. The molecule has 0 saturated heterocycles. The lowest BCUT2D eigenvalue weighted by atomic mass is 9.78. The maximum Gasteiger partial charge on any atom is 0.255 e. The second-order valence-corrected chi connectivity index (χ2v) is 10.5. The van der Waals surface area contributed by atoms with Crippen molar-refractivity contribution in [3.8, 4) is 0 Å². The van der Waals surface area contributed by atoms with Crippen molar-refractivity contribution in [3.05, 3.63) is 141 Å². The van der Waals surface area contributed by atoms with E-state index in [-0.39, 0.29) is 19.1 Å². The van der Waals surface area contributed by atoms with E-state index < -0.39 is 23.9 Å². The molecule has 1 aliphatic heterocycles. The molecule has 4 aromatic rings. The summed E-state index contributed by atoms with van der Waals surface area (Å²) in [5.41, 5.74) is 5.93. The number of nitrogens with one attached hydrogen (secondary N) is 1. The first-order valence-corrected chi connectivity index (χ1v) is 13.7. The van der Waals surface area contributed by atoms with Gasteiger partial charge in [-0.3, -0.25) is 14.4 Å². The van der Waals surface area contributed by atoms with Crippen LogP contribution < -0.4 is 5.48 Å². The number of nitrogens with zero attached hydrogens (tertiary/aromatic N) is 1. The number of hydrogen-bond acceptors (Lipinski definition) is 4. The minimum absolute atomic E-state index is 0.170. The molecule has 4 aromatic carbocycles. The SMILES string of the molecule is O=C(NOCc1ccccc1)[C@@H]1c2ccccc2C(=O)N([C@H](CO)Cc2ccccc2)[C@H]1c1ccc(Cl)cc1Cl. The summed E-state index contributed by atoms with van der Waals surface area (Å²) in [6.07, 6.45) is 0.381. The molecule has 3 atom stereocenters. The van der Waals surface area contributed by atoms with E-state index in [9.17, 15) is 14.7 Å². The largest absolute Gasteiger partial charge is 0.394 e. The van der Waals surface area contributed by atoms with Crippen molar-refractivity contribution in [1.82, 2.24) is 10.4 Å². The molecule has 204 valence electrons. The van der Waals surface area contributed by atoms with E-state index in [0.717, 1.165) is 11.1 Å². The molecule has 2 N–H and O–H groups in total. The summed E-state index contributed by atoms with van der Waals surface area (Å²) in [5.74, 6) is -1.61. The van der Waals surface area contributed by atoms with Gasteiger partial charge >= 0.3 is 0 Å². The summed E-state index contributed by atoms with van der Waals surface area (Å²) in [6, 6.07) is 29.6. The molecule has 0 spiro atoms. The van der Waals surface area contributed by atoms with Crippen LogP contribution in [-0.4, -0.2) is 34.5 Å². The van der Waals surface area contributed by atoms with Crippen molar-refractivity contribution in [3.63, 3.8) is 0 Å². The van der Waals surface area contributed by atoms with Crippen LogP contribution in [0.2, 0.25) is 10.0 Å². The van der Waals surface area contributed by atoms with Gasteiger partial charge in [0.15, 0.2) is 0 Å². The lowest BCUT2D eigenvalue weighted by Crippen LogP contribution is -2.53. The van der Waals surface area contributed by atoms with Gasteiger partial charge in [-0.15, -0.1) is 0 Å². The first-order valence-electron chi connectivity index (χ1n) is 12.9. The van der Waals surface area contributed by atoms with Crippen LogP contribution in [0.15, 0.2) is 103 Å². The highest BCUT2D eigenvalue weighted by atomic mass is 35.5. The molecule has 0 unspecified atom stereocenters. The van der Waals surface area contributed by atoms with Gasteiger partial charge in [-0.05, 0) is 46.9 Å². The number of rotatable bonds is 9. The van der Waals surface area contributed by atoms with E-state index in [1.807, 2.05) is 60.7 Å². The molecule has 6 nitrogen and oxygen atoms in total. The normalized spacial score (nSPS) is 17.3. The smallest absolute Gasteiger partial charge is 0.255 e. The predicted octanol–water partition coefficient (Wildman–Crippen LogP) is 6.13. The third kappa shape index (κ3) is 5.91. The summed E-state index contributed by atoms with van der Waals surface area (Å²) in [4.78, 5) is 35.3. The minimum Gasteiger partial charge on any atom is -0.394 e. The van der Waals surface area contributed by atoms with E-state index in [0.29, 0.717) is 33.2 Å². The zero-order valence-corrected chi connectivity index (χ0v) is 23.1. The lowest BCUT2D eigenvalue weighted by Gasteiger charge is -2.45. The second kappa shape index (κ2) is 12.7. The number of aliphatic hydroxyl groups is 1. The standard InChI is InChI=1S/C32H28Cl2N2O4/c33-23-15-16-27(28(34)18-23)30-29(31(38)35-40-20-22-11-5-2-6-12-22)25-13-7-8-14-26(25)32(39)36(30)24(19-37)17-21-9-3-1-4-10-21/h1-16,18,24,29-30,37H,17,19-20H2,(H,35,38)/t24-,29+,30-/m0/s1. The molecule has 0 saturated carbocycles. The number of hydroxylamine groups is 1. The molecule has 5 rings (SSSR count). The van der Waals surface area contributed by atoms with Crippen LogP contribution in [0.3, 0.4) is 0 Å². The monoisotopic (exact) mass is 574 g/mol. The van der Waals surface area contributed by atoms with Crippen LogP contribution in [0, 0.1) is 0 Å². The molecule has 1 heterocycles. The van der Waals surface area contributed by atoms with Crippen LogP contribution >= 0.6 is 23.2 Å². The molecule has 8 heteroatoms. The molecule has 0 bridgehead atoms. The first kappa shape index (κ1) is 27.9. The Kier molecular flexibility index (Phi) is 8.82. The highest BCUT2D eigenvalue weighted by Gasteiger charge is 2.47. The molecule has 0 radical (unpaired) electrons. The number of hydrogen-bond donors (Lipinski definition) is 2. The van der Waals surface area contributed by atoms with E-state index >= 15 is 0 Å². The average molecular weight is 575 g/mol. The van der Waals surface area contributed by atoms with Gasteiger partial charge < -0.3 is 10.0 Å². The molecular weight excluding hydrogens is 547 g/mol. The quantitative estimate of drug-likeness (QED) is 0.236. The molecule has 1 aliphatic rings. The summed E-state index contributed by atoms with van der Waals surface area (Å²) < 4.78 is 0. The highest BCUT2D eigenvalue weighted by molar-refractivity contribution is 6.35. The van der Waals surface area contributed by atoms with Gasteiger partial charge in [-0.25, -0.2) is 5.48 Å². The van der Waals surface area contributed by atoms with Crippen LogP contribution in [0.25, 0.3) is 0 Å². The third-order valence-electron chi connectivity index (χ3n) is 7.11. The zero-order chi connectivity index (χ0) is 28.1.